The molecular weight excluding hydrogens is 72.1 g/mol. The Morgan fingerprint density at radius 2 is 2.50 bits per heavy atom. The summed E-state index contributed by atoms with van der Waals surface area (Å²) in [5, 5.41) is 0. The molecule has 0 aliphatic rings. The van der Waals surface area contributed by atoms with Gasteiger partial charge in [0.05, 0.1) is 0 Å². The molecule has 0 aromatic heterocycles. The second kappa shape index (κ2) is 2.78. The molecule has 0 fully saturated rings. The molecule has 33 valence electrons. The van der Waals surface area contributed by atoms with Crippen molar-refractivity contribution in [3.05, 3.63) is 6.92 Å². The maximum atomic E-state index is 4.97. The summed E-state index contributed by atoms with van der Waals surface area (Å²) in [7, 11) is 0. The van der Waals surface area contributed by atoms with Gasteiger partial charge >= 0.3 is 0 Å². The molecule has 0 saturated carbocycles. The fourth-order valence-electron chi connectivity index (χ4n) is 0.118. The van der Waals surface area contributed by atoms with E-state index in [1.54, 1.807) is 0 Å². The molecule has 1 atom stereocenters. The first-order valence-corrected chi connectivity index (χ1v) is 2.10. The molecule has 0 N–H and O–H groups in total. The van der Waals surface area contributed by atoms with Crippen LogP contribution in [0.15, 0.2) is 0 Å². The predicted molar refractivity (Wildman–Crippen MR) is 28.0 cm³/mol. The second-order valence-corrected chi connectivity index (χ2v) is 1.27. The normalized spacial score (nSPS) is 12.8. The minimum atomic E-state index is 0.213. The standard InChI is InChI=1S/C6H9/c1-4-6(3)5-2/h1,6H,3,5H2,2H3/t6-/m1/s1. The number of rotatable bonds is 1. The second-order valence-electron chi connectivity index (χ2n) is 1.27. The Bertz CT molecular complexity index is 56.9. The molecule has 6 heavy (non-hydrogen) atoms. The van der Waals surface area contributed by atoms with E-state index in [4.69, 9.17) is 6.42 Å². The van der Waals surface area contributed by atoms with Crippen LogP contribution in [-0.4, -0.2) is 0 Å². The highest BCUT2D eigenvalue weighted by atomic mass is 13.9. The smallest absolute Gasteiger partial charge is 0.0198 e. The molecule has 0 heteroatoms. The number of hydrogen-bond donors (Lipinski definition) is 0. The molecule has 0 aromatic carbocycles. The summed E-state index contributed by atoms with van der Waals surface area (Å²) < 4.78 is 0. The predicted octanol–water partition coefficient (Wildman–Crippen LogP) is 1.48. The monoisotopic (exact) mass is 81.1 g/mol. The van der Waals surface area contributed by atoms with E-state index < -0.39 is 0 Å². The summed E-state index contributed by atoms with van der Waals surface area (Å²) >= 11 is 0. The molecular formula is C6H9. The van der Waals surface area contributed by atoms with E-state index in [2.05, 4.69) is 12.8 Å². The summed E-state index contributed by atoms with van der Waals surface area (Å²) in [6.07, 6.45) is 5.95. The van der Waals surface area contributed by atoms with Crippen molar-refractivity contribution in [1.82, 2.24) is 0 Å². The Hall–Kier alpha value is -0.440. The average molecular weight is 81.1 g/mol. The molecule has 0 rings (SSSR count). The van der Waals surface area contributed by atoms with Crippen LogP contribution in [0, 0.1) is 25.2 Å². The Kier molecular flexibility index (Phi) is 2.58. The molecule has 0 nitrogen and oxygen atoms in total. The van der Waals surface area contributed by atoms with Crippen LogP contribution >= 0.6 is 0 Å². The van der Waals surface area contributed by atoms with E-state index in [0.717, 1.165) is 6.42 Å². The Morgan fingerprint density at radius 3 is 2.50 bits per heavy atom. The van der Waals surface area contributed by atoms with E-state index in [9.17, 15) is 0 Å². The van der Waals surface area contributed by atoms with Gasteiger partial charge in [-0.3, -0.25) is 0 Å². The van der Waals surface area contributed by atoms with E-state index in [1.807, 2.05) is 6.92 Å². The van der Waals surface area contributed by atoms with E-state index in [1.165, 1.54) is 0 Å². The van der Waals surface area contributed by atoms with E-state index in [-0.39, 0.29) is 5.92 Å². The molecule has 1 radical (unpaired) electrons. The highest BCUT2D eigenvalue weighted by Crippen LogP contribution is 1.93. The lowest BCUT2D eigenvalue weighted by molar-refractivity contribution is 0.797. The highest BCUT2D eigenvalue weighted by molar-refractivity contribution is 4.93. The van der Waals surface area contributed by atoms with Crippen LogP contribution < -0.4 is 0 Å². The number of hydrogen-bond acceptors (Lipinski definition) is 0. The van der Waals surface area contributed by atoms with E-state index in [0.29, 0.717) is 0 Å². The van der Waals surface area contributed by atoms with Gasteiger partial charge in [0.25, 0.3) is 0 Å². The van der Waals surface area contributed by atoms with Crippen molar-refractivity contribution in [1.29, 1.82) is 0 Å². The first kappa shape index (κ1) is 5.56. The van der Waals surface area contributed by atoms with Gasteiger partial charge in [0, 0.05) is 5.92 Å². The minimum absolute atomic E-state index is 0.213. The summed E-state index contributed by atoms with van der Waals surface area (Å²) in [5.41, 5.74) is 0. The quantitative estimate of drug-likeness (QED) is 0.419. The van der Waals surface area contributed by atoms with Crippen LogP contribution in [0.25, 0.3) is 0 Å². The van der Waals surface area contributed by atoms with Crippen molar-refractivity contribution < 1.29 is 0 Å². The lowest BCUT2D eigenvalue weighted by Gasteiger charge is -1.90. The van der Waals surface area contributed by atoms with Gasteiger partial charge in [0.2, 0.25) is 0 Å². The fourth-order valence-corrected chi connectivity index (χ4v) is 0.118. The van der Waals surface area contributed by atoms with Crippen molar-refractivity contribution in [3.8, 4) is 12.3 Å². The maximum absolute atomic E-state index is 4.97. The van der Waals surface area contributed by atoms with Gasteiger partial charge in [-0.25, -0.2) is 0 Å². The van der Waals surface area contributed by atoms with Crippen molar-refractivity contribution in [2.45, 2.75) is 13.3 Å². The molecule has 0 aliphatic heterocycles. The highest BCUT2D eigenvalue weighted by Gasteiger charge is 1.85. The Labute approximate surface area is 39.6 Å². The Balaban J connectivity index is 3.04. The van der Waals surface area contributed by atoms with Gasteiger partial charge < -0.3 is 0 Å². The third kappa shape index (κ3) is 1.84. The van der Waals surface area contributed by atoms with Crippen molar-refractivity contribution >= 4 is 0 Å². The molecule has 0 aromatic rings. The van der Waals surface area contributed by atoms with Crippen LogP contribution in [0.2, 0.25) is 0 Å². The molecule has 0 unspecified atom stereocenters. The lowest BCUT2D eigenvalue weighted by Crippen LogP contribution is -1.82. The summed E-state index contributed by atoms with van der Waals surface area (Å²) in [5.74, 6) is 2.72. The fraction of sp³-hybridized carbons (Fsp3) is 0.500. The minimum Gasteiger partial charge on any atom is -0.120 e. The third-order valence-corrected chi connectivity index (χ3v) is 0.729. The molecule has 0 amide bonds. The van der Waals surface area contributed by atoms with E-state index >= 15 is 0 Å². The summed E-state index contributed by atoms with van der Waals surface area (Å²) in [6.45, 7) is 5.66. The van der Waals surface area contributed by atoms with Gasteiger partial charge in [-0.15, -0.1) is 12.3 Å². The van der Waals surface area contributed by atoms with Crippen LogP contribution in [0.1, 0.15) is 13.3 Å². The van der Waals surface area contributed by atoms with Gasteiger partial charge in [0.15, 0.2) is 0 Å². The molecule has 0 saturated heterocycles. The zero-order valence-electron chi connectivity index (χ0n) is 4.07. The molecule has 0 aliphatic carbocycles. The maximum Gasteiger partial charge on any atom is 0.0198 e. The SMILES string of the molecule is C#C[C@@H]([CH2])CC. The topological polar surface area (TPSA) is 0 Å². The summed E-state index contributed by atoms with van der Waals surface area (Å²) in [4.78, 5) is 0. The average Bonchev–Trinajstić information content (AvgIpc) is 1.65. The van der Waals surface area contributed by atoms with Gasteiger partial charge in [-0.1, -0.05) is 6.92 Å². The van der Waals surface area contributed by atoms with Crippen molar-refractivity contribution in [2.24, 2.45) is 5.92 Å². The van der Waals surface area contributed by atoms with Crippen LogP contribution in [0.5, 0.6) is 0 Å². The Morgan fingerprint density at radius 1 is 2.00 bits per heavy atom. The third-order valence-electron chi connectivity index (χ3n) is 0.729. The zero-order chi connectivity index (χ0) is 4.99. The van der Waals surface area contributed by atoms with Crippen LogP contribution in [0.4, 0.5) is 0 Å². The molecule has 0 spiro atoms. The molecule has 0 heterocycles. The first-order valence-electron chi connectivity index (χ1n) is 2.10. The van der Waals surface area contributed by atoms with Gasteiger partial charge in [-0.2, -0.15) is 0 Å². The zero-order valence-corrected chi connectivity index (χ0v) is 4.07. The van der Waals surface area contributed by atoms with Gasteiger partial charge in [-0.05, 0) is 13.3 Å². The molecule has 0 bridgehead atoms. The van der Waals surface area contributed by atoms with Gasteiger partial charge in [0.1, 0.15) is 0 Å². The number of terminal acetylenes is 1. The van der Waals surface area contributed by atoms with Crippen molar-refractivity contribution in [2.75, 3.05) is 0 Å². The first-order chi connectivity index (χ1) is 2.81. The van der Waals surface area contributed by atoms with Crippen LogP contribution in [0.3, 0.4) is 0 Å². The van der Waals surface area contributed by atoms with Crippen molar-refractivity contribution in [3.63, 3.8) is 0 Å². The van der Waals surface area contributed by atoms with Crippen LogP contribution in [-0.2, 0) is 0 Å². The summed E-state index contributed by atoms with van der Waals surface area (Å²) in [6, 6.07) is 0. The lowest BCUT2D eigenvalue weighted by atomic mass is 10.1. The largest absolute Gasteiger partial charge is 0.120 e.